The maximum atomic E-state index is 12.1. The van der Waals surface area contributed by atoms with Gasteiger partial charge in [0, 0.05) is 6.07 Å². The predicted molar refractivity (Wildman–Crippen MR) is 80.0 cm³/mol. The Kier molecular flexibility index (Phi) is 4.40. The van der Waals surface area contributed by atoms with Crippen LogP contribution in [0.1, 0.15) is 16.1 Å². The number of aryl methyl sites for hydroxylation is 1. The van der Waals surface area contributed by atoms with Crippen LogP contribution in [0.15, 0.2) is 30.3 Å². The van der Waals surface area contributed by atoms with Crippen molar-refractivity contribution in [1.29, 1.82) is 0 Å². The number of anilines is 1. The van der Waals surface area contributed by atoms with Crippen molar-refractivity contribution < 1.29 is 9.72 Å². The molecule has 0 unspecified atom stereocenters. The summed E-state index contributed by atoms with van der Waals surface area (Å²) in [5, 5.41) is 13.6. The molecule has 8 heteroatoms. The quantitative estimate of drug-likeness (QED) is 0.527. The lowest BCUT2D eigenvalue weighted by Gasteiger charge is -2.07. The minimum Gasteiger partial charge on any atom is -0.315 e. The van der Waals surface area contributed by atoms with Crippen LogP contribution in [0.4, 0.5) is 11.4 Å². The van der Waals surface area contributed by atoms with Crippen molar-refractivity contribution in [2.45, 2.75) is 6.92 Å². The summed E-state index contributed by atoms with van der Waals surface area (Å²) in [6.07, 6.45) is 0. The van der Waals surface area contributed by atoms with Crippen molar-refractivity contribution in [3.63, 3.8) is 0 Å². The van der Waals surface area contributed by atoms with Gasteiger partial charge in [-0.1, -0.05) is 29.3 Å². The van der Waals surface area contributed by atoms with Crippen LogP contribution in [-0.4, -0.2) is 15.8 Å². The Bertz CT molecular complexity index is 735. The highest BCUT2D eigenvalue weighted by Gasteiger charge is 2.19. The number of hydrogen-bond donors (Lipinski definition) is 1. The Balaban J connectivity index is 2.38. The molecule has 21 heavy (non-hydrogen) atoms. The third-order valence-corrected chi connectivity index (χ3v) is 3.14. The second kappa shape index (κ2) is 6.07. The summed E-state index contributed by atoms with van der Waals surface area (Å²) in [5.41, 5.74) is 0.524. The second-order valence-corrected chi connectivity index (χ2v) is 4.99. The number of rotatable bonds is 3. The van der Waals surface area contributed by atoms with Crippen molar-refractivity contribution in [2.75, 3.05) is 5.32 Å². The number of nitro groups is 1. The molecule has 0 fully saturated rings. The van der Waals surface area contributed by atoms with E-state index in [2.05, 4.69) is 10.3 Å². The molecule has 0 aliphatic rings. The molecule has 1 aromatic carbocycles. The second-order valence-electron chi connectivity index (χ2n) is 4.20. The lowest BCUT2D eigenvalue weighted by Crippen LogP contribution is -2.15. The summed E-state index contributed by atoms with van der Waals surface area (Å²) in [7, 11) is 0. The number of nitrogens with zero attached hydrogens (tertiary/aromatic N) is 2. The van der Waals surface area contributed by atoms with Gasteiger partial charge in [0.2, 0.25) is 0 Å². The number of nitrogens with one attached hydrogen (secondary N) is 1. The van der Waals surface area contributed by atoms with E-state index >= 15 is 0 Å². The highest BCUT2D eigenvalue weighted by molar-refractivity contribution is 6.35. The fraction of sp³-hybridized carbons (Fsp3) is 0.0769. The van der Waals surface area contributed by atoms with E-state index < -0.39 is 10.8 Å². The van der Waals surface area contributed by atoms with Crippen molar-refractivity contribution >= 4 is 40.5 Å². The normalized spacial score (nSPS) is 10.2. The largest absolute Gasteiger partial charge is 0.315 e. The van der Waals surface area contributed by atoms with Gasteiger partial charge in [0.1, 0.15) is 16.5 Å². The van der Waals surface area contributed by atoms with E-state index in [1.807, 2.05) is 0 Å². The summed E-state index contributed by atoms with van der Waals surface area (Å²) >= 11 is 11.6. The van der Waals surface area contributed by atoms with Crippen LogP contribution in [0.5, 0.6) is 0 Å². The smallest absolute Gasteiger partial charge is 0.292 e. The van der Waals surface area contributed by atoms with Crippen LogP contribution in [0.2, 0.25) is 10.2 Å². The van der Waals surface area contributed by atoms with E-state index in [1.165, 1.54) is 24.3 Å². The van der Waals surface area contributed by atoms with Crippen molar-refractivity contribution in [3.8, 4) is 0 Å². The van der Waals surface area contributed by atoms with Crippen LogP contribution in [0.3, 0.4) is 0 Å². The fourth-order valence-electron chi connectivity index (χ4n) is 1.67. The van der Waals surface area contributed by atoms with E-state index in [1.54, 1.807) is 13.0 Å². The number of aromatic nitrogens is 1. The van der Waals surface area contributed by atoms with Gasteiger partial charge in [-0.2, -0.15) is 0 Å². The lowest BCUT2D eigenvalue weighted by molar-refractivity contribution is -0.383. The molecule has 1 amide bonds. The zero-order chi connectivity index (χ0) is 15.6. The molecular weight excluding hydrogens is 317 g/mol. The number of hydrogen-bond acceptors (Lipinski definition) is 4. The van der Waals surface area contributed by atoms with E-state index in [0.717, 1.165) is 5.56 Å². The third-order valence-electron chi connectivity index (χ3n) is 2.62. The van der Waals surface area contributed by atoms with E-state index in [4.69, 9.17) is 23.2 Å². The van der Waals surface area contributed by atoms with Crippen molar-refractivity contribution in [1.82, 2.24) is 4.98 Å². The molecule has 2 aromatic rings. The number of pyridine rings is 1. The predicted octanol–water partition coefficient (Wildman–Crippen LogP) is 3.86. The minimum atomic E-state index is -0.670. The standard InChI is InChI=1S/C13H9Cl2N3O3/c1-7-2-4-10(18(20)21)9(6-7)16-13(19)12-8(14)3-5-11(15)17-12/h2-6H,1H3,(H,16,19). The van der Waals surface area contributed by atoms with E-state index in [0.29, 0.717) is 0 Å². The zero-order valence-electron chi connectivity index (χ0n) is 10.8. The Labute approximate surface area is 129 Å². The van der Waals surface area contributed by atoms with Gasteiger partial charge in [0.25, 0.3) is 11.6 Å². The molecule has 0 spiro atoms. The van der Waals surface area contributed by atoms with E-state index in [-0.39, 0.29) is 27.2 Å². The molecule has 0 bridgehead atoms. The molecule has 0 atom stereocenters. The molecule has 2 rings (SSSR count). The highest BCUT2D eigenvalue weighted by atomic mass is 35.5. The topological polar surface area (TPSA) is 85.1 Å². The third kappa shape index (κ3) is 3.48. The van der Waals surface area contributed by atoms with Crippen LogP contribution in [0, 0.1) is 17.0 Å². The van der Waals surface area contributed by atoms with Gasteiger partial charge in [0.15, 0.2) is 0 Å². The van der Waals surface area contributed by atoms with Crippen LogP contribution in [0.25, 0.3) is 0 Å². The van der Waals surface area contributed by atoms with Gasteiger partial charge in [-0.3, -0.25) is 14.9 Å². The Morgan fingerprint density at radius 3 is 2.67 bits per heavy atom. The summed E-state index contributed by atoms with van der Waals surface area (Å²) in [5.74, 6) is -0.670. The monoisotopic (exact) mass is 325 g/mol. The summed E-state index contributed by atoms with van der Waals surface area (Å²) in [4.78, 5) is 26.3. The summed E-state index contributed by atoms with van der Waals surface area (Å²) < 4.78 is 0. The zero-order valence-corrected chi connectivity index (χ0v) is 12.3. The highest BCUT2D eigenvalue weighted by Crippen LogP contribution is 2.26. The number of carbonyl (C=O) groups excluding carboxylic acids is 1. The average molecular weight is 326 g/mol. The molecule has 1 aromatic heterocycles. The summed E-state index contributed by atoms with van der Waals surface area (Å²) in [6, 6.07) is 7.26. The molecule has 6 nitrogen and oxygen atoms in total. The molecule has 0 saturated heterocycles. The van der Waals surface area contributed by atoms with Crippen LogP contribution < -0.4 is 5.32 Å². The van der Waals surface area contributed by atoms with Crippen LogP contribution in [-0.2, 0) is 0 Å². The van der Waals surface area contributed by atoms with Gasteiger partial charge >= 0.3 is 0 Å². The SMILES string of the molecule is Cc1ccc([N+](=O)[O-])c(NC(=O)c2nc(Cl)ccc2Cl)c1. The molecule has 0 radical (unpaired) electrons. The number of benzene rings is 1. The van der Waals surface area contributed by atoms with Gasteiger partial charge in [-0.25, -0.2) is 4.98 Å². The molecule has 0 aliphatic heterocycles. The van der Waals surface area contributed by atoms with Gasteiger partial charge in [-0.15, -0.1) is 0 Å². The summed E-state index contributed by atoms with van der Waals surface area (Å²) in [6.45, 7) is 1.75. The molecule has 1 heterocycles. The molecular formula is C13H9Cl2N3O3. The fourth-order valence-corrected chi connectivity index (χ4v) is 2.01. The Hall–Kier alpha value is -2.18. The first-order valence-corrected chi connectivity index (χ1v) is 6.52. The van der Waals surface area contributed by atoms with Gasteiger partial charge in [0.05, 0.1) is 9.95 Å². The molecule has 108 valence electrons. The van der Waals surface area contributed by atoms with Crippen LogP contribution >= 0.6 is 23.2 Å². The first-order valence-electron chi connectivity index (χ1n) is 5.77. The van der Waals surface area contributed by atoms with E-state index in [9.17, 15) is 14.9 Å². The molecule has 0 aliphatic carbocycles. The first-order chi connectivity index (χ1) is 9.88. The maximum absolute atomic E-state index is 12.1. The number of halogens is 2. The van der Waals surface area contributed by atoms with Gasteiger partial charge in [-0.05, 0) is 30.7 Å². The number of carbonyl (C=O) groups is 1. The maximum Gasteiger partial charge on any atom is 0.292 e. The number of amides is 1. The number of nitro benzene ring substituents is 1. The lowest BCUT2D eigenvalue weighted by atomic mass is 10.2. The Morgan fingerprint density at radius 2 is 2.00 bits per heavy atom. The molecule has 1 N–H and O–H groups in total. The molecule has 0 saturated carbocycles. The van der Waals surface area contributed by atoms with Gasteiger partial charge < -0.3 is 5.32 Å². The average Bonchev–Trinajstić information content (AvgIpc) is 2.41. The minimum absolute atomic E-state index is 0.0721. The first kappa shape index (κ1) is 15.2. The Morgan fingerprint density at radius 1 is 1.29 bits per heavy atom. The van der Waals surface area contributed by atoms with Crippen molar-refractivity contribution in [3.05, 3.63) is 61.9 Å². The van der Waals surface area contributed by atoms with Crippen molar-refractivity contribution in [2.24, 2.45) is 0 Å².